The first-order valence-electron chi connectivity index (χ1n) is 9.01. The van der Waals surface area contributed by atoms with Crippen molar-refractivity contribution in [2.75, 3.05) is 0 Å². The van der Waals surface area contributed by atoms with Gasteiger partial charge in [-0.3, -0.25) is 4.79 Å². The second-order valence-corrected chi connectivity index (χ2v) is 7.27. The van der Waals surface area contributed by atoms with Crippen LogP contribution in [0.25, 0.3) is 0 Å². The fourth-order valence-electron chi connectivity index (χ4n) is 3.16. The third kappa shape index (κ3) is 4.40. The number of hydrogen-bond acceptors (Lipinski definition) is 1. The van der Waals surface area contributed by atoms with Crippen molar-refractivity contribution in [3.8, 4) is 0 Å². The Kier molecular flexibility index (Phi) is 5.52. The number of benzene rings is 3. The zero-order chi connectivity index (χ0) is 18.4. The molecule has 0 aliphatic carbocycles. The Labute approximate surface area is 155 Å². The molecule has 0 saturated heterocycles. The van der Waals surface area contributed by atoms with Crippen molar-refractivity contribution in [2.45, 2.75) is 26.3 Å². The van der Waals surface area contributed by atoms with Crippen molar-refractivity contribution >= 4 is 5.91 Å². The van der Waals surface area contributed by atoms with Crippen LogP contribution >= 0.6 is 0 Å². The maximum Gasteiger partial charge on any atom is 0.226 e. The smallest absolute Gasteiger partial charge is 0.226 e. The van der Waals surface area contributed by atoms with Gasteiger partial charge in [0.25, 0.3) is 0 Å². The number of hydrogen-bond donors (Lipinski definition) is 1. The predicted octanol–water partition coefficient (Wildman–Crippen LogP) is 5.16. The standard InChI is InChI=1S/C24H25NO/c1-24(2,18-19-12-6-3-7-13-19)23(26)25-22(20-14-8-4-9-15-20)21-16-10-5-11-17-21/h3-17,22H,18H2,1-2H3,(H,25,26). The van der Waals surface area contributed by atoms with Crippen molar-refractivity contribution in [1.29, 1.82) is 0 Å². The van der Waals surface area contributed by atoms with Gasteiger partial charge >= 0.3 is 0 Å². The average Bonchev–Trinajstić information content (AvgIpc) is 2.67. The second kappa shape index (κ2) is 8.01. The van der Waals surface area contributed by atoms with E-state index >= 15 is 0 Å². The lowest BCUT2D eigenvalue weighted by Crippen LogP contribution is -2.40. The van der Waals surface area contributed by atoms with Crippen LogP contribution in [0.15, 0.2) is 91.0 Å². The SMILES string of the molecule is CC(C)(Cc1ccccc1)C(=O)NC(c1ccccc1)c1ccccc1. The molecule has 1 amide bonds. The van der Waals surface area contributed by atoms with Gasteiger partial charge in [0.1, 0.15) is 0 Å². The minimum atomic E-state index is -0.497. The normalized spacial score (nSPS) is 11.3. The number of carbonyl (C=O) groups excluding carboxylic acids is 1. The molecule has 0 atom stereocenters. The highest BCUT2D eigenvalue weighted by molar-refractivity contribution is 5.83. The van der Waals surface area contributed by atoms with Gasteiger partial charge in [0.15, 0.2) is 0 Å². The van der Waals surface area contributed by atoms with Gasteiger partial charge in [-0.05, 0) is 23.1 Å². The number of rotatable bonds is 6. The summed E-state index contributed by atoms with van der Waals surface area (Å²) in [6.45, 7) is 4.00. The minimum absolute atomic E-state index is 0.0547. The second-order valence-electron chi connectivity index (χ2n) is 7.27. The van der Waals surface area contributed by atoms with E-state index in [0.717, 1.165) is 11.1 Å². The van der Waals surface area contributed by atoms with Gasteiger partial charge < -0.3 is 5.32 Å². The van der Waals surface area contributed by atoms with Gasteiger partial charge in [0.05, 0.1) is 6.04 Å². The van der Waals surface area contributed by atoms with Crippen LogP contribution in [-0.2, 0) is 11.2 Å². The van der Waals surface area contributed by atoms with Crippen molar-refractivity contribution in [2.24, 2.45) is 5.41 Å². The number of carbonyl (C=O) groups is 1. The van der Waals surface area contributed by atoms with Crippen molar-refractivity contribution in [3.63, 3.8) is 0 Å². The Hall–Kier alpha value is -2.87. The molecule has 2 nitrogen and oxygen atoms in total. The molecule has 0 unspecified atom stereocenters. The molecule has 3 aromatic carbocycles. The van der Waals surface area contributed by atoms with E-state index in [-0.39, 0.29) is 11.9 Å². The van der Waals surface area contributed by atoms with Gasteiger partial charge in [0.2, 0.25) is 5.91 Å². The van der Waals surface area contributed by atoms with E-state index in [1.165, 1.54) is 5.56 Å². The van der Waals surface area contributed by atoms with E-state index in [1.807, 2.05) is 68.4 Å². The summed E-state index contributed by atoms with van der Waals surface area (Å²) in [5.74, 6) is 0.0547. The molecule has 2 heteroatoms. The Morgan fingerprint density at radius 1 is 0.769 bits per heavy atom. The van der Waals surface area contributed by atoms with Gasteiger partial charge in [-0.1, -0.05) is 105 Å². The molecule has 0 bridgehead atoms. The summed E-state index contributed by atoms with van der Waals surface area (Å²) in [6, 6.07) is 30.3. The van der Waals surface area contributed by atoms with E-state index in [1.54, 1.807) is 0 Å². The van der Waals surface area contributed by atoms with Gasteiger partial charge in [-0.15, -0.1) is 0 Å². The summed E-state index contributed by atoms with van der Waals surface area (Å²) < 4.78 is 0. The van der Waals surface area contributed by atoms with Crippen LogP contribution in [0.4, 0.5) is 0 Å². The maximum absolute atomic E-state index is 13.1. The minimum Gasteiger partial charge on any atom is -0.345 e. The van der Waals surface area contributed by atoms with Crippen LogP contribution in [0, 0.1) is 5.41 Å². The third-order valence-electron chi connectivity index (χ3n) is 4.64. The predicted molar refractivity (Wildman–Crippen MR) is 107 cm³/mol. The highest BCUT2D eigenvalue weighted by atomic mass is 16.2. The topological polar surface area (TPSA) is 29.1 Å². The fourth-order valence-corrected chi connectivity index (χ4v) is 3.16. The van der Waals surface area contributed by atoms with Crippen LogP contribution in [0.3, 0.4) is 0 Å². The summed E-state index contributed by atoms with van der Waals surface area (Å²) in [7, 11) is 0. The van der Waals surface area contributed by atoms with E-state index in [2.05, 4.69) is 41.7 Å². The van der Waals surface area contributed by atoms with Crippen LogP contribution in [0.1, 0.15) is 36.6 Å². The van der Waals surface area contributed by atoms with Crippen molar-refractivity contribution in [3.05, 3.63) is 108 Å². The van der Waals surface area contributed by atoms with Gasteiger partial charge in [0, 0.05) is 5.41 Å². The molecule has 26 heavy (non-hydrogen) atoms. The molecule has 0 fully saturated rings. The molecule has 0 heterocycles. The van der Waals surface area contributed by atoms with Gasteiger partial charge in [-0.2, -0.15) is 0 Å². The highest BCUT2D eigenvalue weighted by Gasteiger charge is 2.30. The lowest BCUT2D eigenvalue weighted by molar-refractivity contribution is -0.129. The molecule has 0 saturated carbocycles. The largest absolute Gasteiger partial charge is 0.345 e. The Bertz CT molecular complexity index is 786. The highest BCUT2D eigenvalue weighted by Crippen LogP contribution is 2.27. The molecular formula is C24H25NO. The Morgan fingerprint density at radius 3 is 1.65 bits per heavy atom. The van der Waals surface area contributed by atoms with Crippen molar-refractivity contribution in [1.82, 2.24) is 5.32 Å². The third-order valence-corrected chi connectivity index (χ3v) is 4.64. The maximum atomic E-state index is 13.1. The molecule has 0 aromatic heterocycles. The first kappa shape index (κ1) is 17.9. The molecule has 3 rings (SSSR count). The summed E-state index contributed by atoms with van der Waals surface area (Å²) in [5, 5.41) is 3.27. The lowest BCUT2D eigenvalue weighted by Gasteiger charge is -2.28. The first-order chi connectivity index (χ1) is 12.6. The monoisotopic (exact) mass is 343 g/mol. The quantitative estimate of drug-likeness (QED) is 0.658. The van der Waals surface area contributed by atoms with Crippen LogP contribution in [0.2, 0.25) is 0 Å². The molecule has 1 N–H and O–H groups in total. The van der Waals surface area contributed by atoms with E-state index in [9.17, 15) is 4.79 Å². The first-order valence-corrected chi connectivity index (χ1v) is 9.01. The molecular weight excluding hydrogens is 318 g/mol. The van der Waals surface area contributed by atoms with E-state index < -0.39 is 5.41 Å². The average molecular weight is 343 g/mol. The molecule has 0 spiro atoms. The zero-order valence-electron chi connectivity index (χ0n) is 15.4. The van der Waals surface area contributed by atoms with Crippen LogP contribution in [0.5, 0.6) is 0 Å². The molecule has 132 valence electrons. The van der Waals surface area contributed by atoms with Crippen LogP contribution < -0.4 is 5.32 Å². The number of nitrogens with one attached hydrogen (secondary N) is 1. The summed E-state index contributed by atoms with van der Waals surface area (Å²) >= 11 is 0. The Morgan fingerprint density at radius 2 is 1.19 bits per heavy atom. The summed E-state index contributed by atoms with van der Waals surface area (Å²) in [5.41, 5.74) is 2.84. The molecule has 0 radical (unpaired) electrons. The van der Waals surface area contributed by atoms with Gasteiger partial charge in [-0.25, -0.2) is 0 Å². The van der Waals surface area contributed by atoms with E-state index in [4.69, 9.17) is 0 Å². The van der Waals surface area contributed by atoms with E-state index in [0.29, 0.717) is 6.42 Å². The zero-order valence-corrected chi connectivity index (χ0v) is 15.4. The molecule has 0 aliphatic rings. The van der Waals surface area contributed by atoms with Crippen molar-refractivity contribution < 1.29 is 4.79 Å². The van der Waals surface area contributed by atoms with Crippen LogP contribution in [-0.4, -0.2) is 5.91 Å². The summed E-state index contributed by atoms with van der Waals surface area (Å²) in [6.07, 6.45) is 0.704. The summed E-state index contributed by atoms with van der Waals surface area (Å²) in [4.78, 5) is 13.1. The fraction of sp³-hybridized carbons (Fsp3) is 0.208. The molecule has 0 aliphatic heterocycles. The number of amides is 1. The molecule has 3 aromatic rings. The Balaban J connectivity index is 1.83. The lowest BCUT2D eigenvalue weighted by atomic mass is 9.84.